The summed E-state index contributed by atoms with van der Waals surface area (Å²) in [6.07, 6.45) is -50.4. The lowest BCUT2D eigenvalue weighted by atomic mass is 9.94. The van der Waals surface area contributed by atoms with Crippen molar-refractivity contribution in [3.63, 3.8) is 0 Å². The molecule has 0 spiro atoms. The quantitative estimate of drug-likeness (QED) is 0.0606. The summed E-state index contributed by atoms with van der Waals surface area (Å²) in [5.74, 6) is -2.35. The van der Waals surface area contributed by atoms with E-state index < -0.39 is 235 Å². The van der Waals surface area contributed by atoms with Crippen LogP contribution < -0.4 is 16.0 Å². The van der Waals surface area contributed by atoms with Crippen LogP contribution in [0.25, 0.3) is 0 Å². The number of aliphatic hydroxyl groups excluding tert-OH is 16. The molecule has 0 aliphatic carbocycles. The number of hydrogen-bond acceptors (Lipinski definition) is 30. The van der Waals surface area contributed by atoms with E-state index in [1.54, 1.807) is 0 Å². The topological polar surface area (TPSA) is 513 Å². The van der Waals surface area contributed by atoms with Gasteiger partial charge in [0.25, 0.3) is 0 Å². The first kappa shape index (κ1) is 61.5. The largest absolute Gasteiger partial charge is 0.394 e. The molecule has 6 saturated heterocycles. The number of rotatable bonds is 18. The zero-order chi connectivity index (χ0) is 55.5. The van der Waals surface area contributed by atoms with E-state index in [0.29, 0.717) is 0 Å². The maximum absolute atomic E-state index is 12.6. The fourth-order valence-corrected chi connectivity index (χ4v) is 9.56. The maximum Gasteiger partial charge on any atom is 0.217 e. The summed E-state index contributed by atoms with van der Waals surface area (Å²) in [5.41, 5.74) is 0. The van der Waals surface area contributed by atoms with Crippen LogP contribution in [-0.4, -0.2) is 317 Å². The van der Waals surface area contributed by atoms with Crippen LogP contribution in [0.1, 0.15) is 27.7 Å². The third-order valence-corrected chi connectivity index (χ3v) is 13.6. The van der Waals surface area contributed by atoms with Crippen LogP contribution in [0.2, 0.25) is 0 Å². The Morgan fingerprint density at radius 2 is 0.747 bits per heavy atom. The Bertz CT molecular complexity index is 1850. The van der Waals surface area contributed by atoms with E-state index in [9.17, 15) is 96.1 Å². The fraction of sp³-hybridized carbons (Fsp3) is 0.929. The van der Waals surface area contributed by atoms with Crippen LogP contribution in [0.3, 0.4) is 0 Å². The van der Waals surface area contributed by atoms with Gasteiger partial charge < -0.3 is 150 Å². The minimum Gasteiger partial charge on any atom is -0.394 e. The van der Waals surface area contributed by atoms with Gasteiger partial charge in [-0.3, -0.25) is 14.4 Å². The lowest BCUT2D eigenvalue weighted by Gasteiger charge is -2.50. The highest BCUT2D eigenvalue weighted by molar-refractivity contribution is 5.74. The molecule has 0 aromatic carbocycles. The van der Waals surface area contributed by atoms with E-state index in [1.807, 2.05) is 0 Å². The predicted molar refractivity (Wildman–Crippen MR) is 233 cm³/mol. The molecule has 6 aliphatic heterocycles. The second-order valence-electron chi connectivity index (χ2n) is 19.0. The second kappa shape index (κ2) is 26.5. The Balaban J connectivity index is 1.32. The smallest absolute Gasteiger partial charge is 0.217 e. The number of carbonyl (C=O) groups is 3. The van der Waals surface area contributed by atoms with E-state index in [0.717, 1.165) is 20.8 Å². The van der Waals surface area contributed by atoms with Crippen molar-refractivity contribution in [3.8, 4) is 0 Å². The maximum atomic E-state index is 12.6. The van der Waals surface area contributed by atoms with Gasteiger partial charge in [0.1, 0.15) is 140 Å². The van der Waals surface area contributed by atoms with Gasteiger partial charge in [0.05, 0.1) is 39.1 Å². The molecule has 0 unspecified atom stereocenters. The van der Waals surface area contributed by atoms with Crippen molar-refractivity contribution in [1.82, 2.24) is 16.0 Å². The molecule has 30 atom stereocenters. The van der Waals surface area contributed by atoms with E-state index >= 15 is 0 Å². The van der Waals surface area contributed by atoms with Crippen LogP contribution >= 0.6 is 0 Å². The zero-order valence-electron chi connectivity index (χ0n) is 40.7. The molecular weight excluding hydrogens is 1030 g/mol. The van der Waals surface area contributed by atoms with E-state index in [1.165, 1.54) is 6.92 Å². The summed E-state index contributed by atoms with van der Waals surface area (Å²) in [6.45, 7) is -0.268. The predicted octanol–water partition coefficient (Wildman–Crippen LogP) is -12.6. The zero-order valence-corrected chi connectivity index (χ0v) is 40.7. The van der Waals surface area contributed by atoms with Crippen LogP contribution in [0, 0.1) is 0 Å². The van der Waals surface area contributed by atoms with Gasteiger partial charge in [-0.05, 0) is 6.92 Å². The summed E-state index contributed by atoms with van der Waals surface area (Å²) in [6, 6.07) is -4.90. The van der Waals surface area contributed by atoms with Gasteiger partial charge in [-0.1, -0.05) is 0 Å². The molecule has 434 valence electrons. The van der Waals surface area contributed by atoms with Gasteiger partial charge in [-0.25, -0.2) is 0 Å². The Morgan fingerprint density at radius 3 is 1.27 bits per heavy atom. The van der Waals surface area contributed by atoms with Gasteiger partial charge in [-0.15, -0.1) is 0 Å². The molecule has 6 fully saturated rings. The van der Waals surface area contributed by atoms with Gasteiger partial charge in [0.15, 0.2) is 37.7 Å². The van der Waals surface area contributed by atoms with E-state index in [-0.39, 0.29) is 0 Å². The Hall–Kier alpha value is -2.67. The van der Waals surface area contributed by atoms with Crippen molar-refractivity contribution in [2.75, 3.05) is 33.0 Å². The van der Waals surface area contributed by atoms with Gasteiger partial charge in [-0.2, -0.15) is 0 Å². The highest BCUT2D eigenvalue weighted by Gasteiger charge is 2.57. The van der Waals surface area contributed by atoms with Gasteiger partial charge in [0.2, 0.25) is 17.7 Å². The molecule has 0 saturated carbocycles. The van der Waals surface area contributed by atoms with Crippen LogP contribution in [-0.2, 0) is 66.5 Å². The SMILES string of the molecule is CC(=O)N[C@@H]1[C@@H](O[C@@H]2O[C@H](CO[C@@H]3O[C@H](CO)[C@@H](O)[C@H](O[C@@H]4O[C@@H](C)[C@@H](O)[C@@H](O)[C@@H]4O)[C@H]3NC(C)=O)[C@H](O)[C@H](O[C@@H]3O[C@H](CO)[C@H](O)[C@H](O[C@@H]4O[C@H](CO)[C@H](O)[C@H](O)[C@H]4NC(C)=O)[C@H]3O)[C@H]2O)[C@@H](O)[C@@H](CO)O[C@@H]1O. The van der Waals surface area contributed by atoms with Crippen molar-refractivity contribution < 1.29 is 148 Å². The molecular formula is C42H71N3O30. The third-order valence-electron chi connectivity index (χ3n) is 13.6. The van der Waals surface area contributed by atoms with Crippen molar-refractivity contribution in [3.05, 3.63) is 0 Å². The molecule has 0 bridgehead atoms. The molecule has 6 heterocycles. The fourth-order valence-electron chi connectivity index (χ4n) is 9.56. The van der Waals surface area contributed by atoms with Crippen LogP contribution in [0.4, 0.5) is 0 Å². The average Bonchev–Trinajstić information content (AvgIpc) is 3.36. The van der Waals surface area contributed by atoms with Crippen LogP contribution in [0.5, 0.6) is 0 Å². The molecule has 33 heteroatoms. The van der Waals surface area contributed by atoms with E-state index in [4.69, 9.17) is 52.1 Å². The monoisotopic (exact) mass is 1100 g/mol. The van der Waals surface area contributed by atoms with E-state index in [2.05, 4.69) is 16.0 Å². The molecule has 0 radical (unpaired) electrons. The summed E-state index contributed by atoms with van der Waals surface area (Å²) in [4.78, 5) is 37.1. The molecule has 3 amide bonds. The molecule has 0 aromatic heterocycles. The van der Waals surface area contributed by atoms with Crippen molar-refractivity contribution in [2.45, 2.75) is 212 Å². The highest BCUT2D eigenvalue weighted by Crippen LogP contribution is 2.36. The van der Waals surface area contributed by atoms with Gasteiger partial charge >= 0.3 is 0 Å². The minimum absolute atomic E-state index is 0.769. The highest BCUT2D eigenvalue weighted by atomic mass is 16.8. The molecule has 6 rings (SSSR count). The first-order chi connectivity index (χ1) is 35.4. The molecule has 0 aromatic rings. The summed E-state index contributed by atoms with van der Waals surface area (Å²) in [5, 5.41) is 181. The lowest BCUT2D eigenvalue weighted by Crippen LogP contribution is -2.70. The average molecular weight is 1100 g/mol. The number of carbonyl (C=O) groups excluding carboxylic acids is 3. The lowest BCUT2D eigenvalue weighted by molar-refractivity contribution is -0.386. The summed E-state index contributed by atoms with van der Waals surface area (Å²) < 4.78 is 63.6. The Morgan fingerprint density at radius 1 is 0.373 bits per heavy atom. The number of nitrogens with one attached hydrogen (secondary N) is 3. The van der Waals surface area contributed by atoms with Crippen molar-refractivity contribution in [1.29, 1.82) is 0 Å². The summed E-state index contributed by atoms with van der Waals surface area (Å²) in [7, 11) is 0. The number of hydrogen-bond donors (Lipinski definition) is 19. The first-order valence-corrected chi connectivity index (χ1v) is 23.9. The van der Waals surface area contributed by atoms with Gasteiger partial charge in [0, 0.05) is 20.8 Å². The Labute approximate surface area is 426 Å². The van der Waals surface area contributed by atoms with Crippen molar-refractivity contribution >= 4 is 17.7 Å². The number of amides is 3. The van der Waals surface area contributed by atoms with Crippen LogP contribution in [0.15, 0.2) is 0 Å². The van der Waals surface area contributed by atoms with Crippen molar-refractivity contribution in [2.24, 2.45) is 0 Å². The minimum atomic E-state index is -2.29. The standard InChI is InChI=1S/C42H71N3O30/c1-10-22(53)29(60)30(61)40(66-10)73-34-21(45-13(4)52)38(68-16(7-48)25(34)56)65-9-18-27(58)36(32(63)42(71-18)72-33-20(44-12(3)51)37(64)67-15(6-47)24(33)55)75-41-31(62)35(26(57)17(8-49)70-41)74-39-19(43-11(2)50)28(59)23(54)14(5-46)69-39/h10,14-42,46-49,53-64H,5-9H2,1-4H3,(H,43,50)(H,44,51)(H,45,52)/t10-,14+,15+,16+,17+,18+,19+,20+,21+,22+,23-,24-,25+,26-,27-,28+,29+,30-,31+,32+,33+,34+,35-,36-,37-,38+,39-,40-,41-,42-/m0/s1. The Kier molecular flexibility index (Phi) is 21.8. The number of aliphatic hydroxyl groups is 16. The third kappa shape index (κ3) is 13.7. The second-order valence-corrected chi connectivity index (χ2v) is 19.0. The molecule has 75 heavy (non-hydrogen) atoms. The molecule has 19 N–H and O–H groups in total. The summed E-state index contributed by atoms with van der Waals surface area (Å²) >= 11 is 0. The first-order valence-electron chi connectivity index (χ1n) is 23.9. The normalized spacial score (nSPS) is 48.6. The molecule has 6 aliphatic rings. The number of ether oxygens (including phenoxy) is 11. The molecule has 33 nitrogen and oxygen atoms in total.